The Bertz CT molecular complexity index is 744. The number of allylic oxidation sites excluding steroid dienone is 2. The van der Waals surface area contributed by atoms with Crippen LogP contribution in [-0.4, -0.2) is 25.5 Å². The highest BCUT2D eigenvalue weighted by atomic mass is 32.2. The van der Waals surface area contributed by atoms with Crippen molar-refractivity contribution >= 4 is 16.0 Å². The van der Waals surface area contributed by atoms with Crippen LogP contribution in [0.2, 0.25) is 0 Å². The highest BCUT2D eigenvalue weighted by molar-refractivity contribution is 7.89. The predicted molar refractivity (Wildman–Crippen MR) is 100 cm³/mol. The van der Waals surface area contributed by atoms with E-state index in [4.69, 9.17) is 5.11 Å². The molecule has 2 fully saturated rings. The maximum Gasteiger partial charge on any atom is 0.303 e. The Hall–Kier alpha value is -1.66. The van der Waals surface area contributed by atoms with Gasteiger partial charge in [0.25, 0.3) is 0 Å². The molecule has 1 aromatic carbocycles. The van der Waals surface area contributed by atoms with Crippen LogP contribution < -0.4 is 4.72 Å². The van der Waals surface area contributed by atoms with Crippen LogP contribution in [0.4, 0.5) is 0 Å². The molecule has 2 aliphatic carbocycles. The molecule has 0 amide bonds. The lowest BCUT2D eigenvalue weighted by molar-refractivity contribution is -0.137. The molecule has 0 spiro atoms. The van der Waals surface area contributed by atoms with Crippen molar-refractivity contribution in [2.45, 2.75) is 55.9 Å². The van der Waals surface area contributed by atoms with Crippen molar-refractivity contribution in [1.82, 2.24) is 4.72 Å². The summed E-state index contributed by atoms with van der Waals surface area (Å²) in [5.74, 6) is 0.598. The fourth-order valence-electron chi connectivity index (χ4n) is 4.52. The van der Waals surface area contributed by atoms with Crippen LogP contribution in [0, 0.1) is 17.8 Å². The standard InChI is InChI=1S/C20H27NO4S/c22-19(23)11-7-2-1-6-10-18-15-12-13-16(14-15)20(18)21-26(24,25)17-8-4-3-5-9-17/h1,3-6,8-9,15-16,18,20-21H,2,7,10-14H2,(H,22,23)/t15-,16+,18?,20?/m0/s1. The van der Waals surface area contributed by atoms with Crippen LogP contribution in [0.1, 0.15) is 44.9 Å². The Morgan fingerprint density at radius 2 is 1.88 bits per heavy atom. The number of unbranched alkanes of at least 4 members (excludes halogenated alkanes) is 1. The average Bonchev–Trinajstić information content (AvgIpc) is 3.20. The van der Waals surface area contributed by atoms with E-state index < -0.39 is 16.0 Å². The lowest BCUT2D eigenvalue weighted by atomic mass is 9.83. The van der Waals surface area contributed by atoms with E-state index in [0.29, 0.717) is 29.1 Å². The molecule has 4 atom stereocenters. The zero-order valence-electron chi connectivity index (χ0n) is 14.9. The maximum atomic E-state index is 12.7. The van der Waals surface area contributed by atoms with Crippen LogP contribution in [0.25, 0.3) is 0 Å². The molecule has 2 saturated carbocycles. The molecule has 6 heteroatoms. The largest absolute Gasteiger partial charge is 0.481 e. The van der Waals surface area contributed by atoms with Crippen molar-refractivity contribution in [3.05, 3.63) is 42.5 Å². The molecular weight excluding hydrogens is 350 g/mol. The molecule has 2 unspecified atom stereocenters. The average molecular weight is 378 g/mol. The van der Waals surface area contributed by atoms with E-state index in [9.17, 15) is 13.2 Å². The summed E-state index contributed by atoms with van der Waals surface area (Å²) in [5, 5.41) is 8.66. The number of hydrogen-bond donors (Lipinski definition) is 2. The summed E-state index contributed by atoms with van der Waals surface area (Å²) in [6, 6.07) is 8.57. The Balaban J connectivity index is 1.60. The Kier molecular flexibility index (Phi) is 6.14. The molecule has 2 N–H and O–H groups in total. The molecular formula is C20H27NO4S. The number of carboxylic acid groups (broad SMARTS) is 1. The number of rotatable bonds is 9. The van der Waals surface area contributed by atoms with Crippen LogP contribution in [0.3, 0.4) is 0 Å². The molecule has 1 aromatic rings. The minimum absolute atomic E-state index is 0.00243. The van der Waals surface area contributed by atoms with E-state index in [0.717, 1.165) is 25.7 Å². The normalized spacial score (nSPS) is 28.0. The van der Waals surface area contributed by atoms with Crippen LogP contribution in [0.15, 0.2) is 47.4 Å². The minimum atomic E-state index is -3.49. The molecule has 3 rings (SSSR count). The van der Waals surface area contributed by atoms with Crippen molar-refractivity contribution in [3.8, 4) is 0 Å². The molecule has 0 aliphatic heterocycles. The van der Waals surface area contributed by atoms with E-state index in [1.165, 1.54) is 6.42 Å². The van der Waals surface area contributed by atoms with E-state index in [1.807, 2.05) is 12.1 Å². The van der Waals surface area contributed by atoms with Gasteiger partial charge >= 0.3 is 5.97 Å². The van der Waals surface area contributed by atoms with Crippen LogP contribution in [-0.2, 0) is 14.8 Å². The first kappa shape index (κ1) is 19.1. The first-order valence-electron chi connectivity index (χ1n) is 9.41. The van der Waals surface area contributed by atoms with Crippen LogP contribution in [0.5, 0.6) is 0 Å². The summed E-state index contributed by atoms with van der Waals surface area (Å²) >= 11 is 0. The smallest absolute Gasteiger partial charge is 0.303 e. The lowest BCUT2D eigenvalue weighted by Crippen LogP contribution is -2.43. The summed E-state index contributed by atoms with van der Waals surface area (Å²) in [5.41, 5.74) is 0. The number of sulfonamides is 1. The zero-order valence-corrected chi connectivity index (χ0v) is 15.7. The Labute approximate surface area is 155 Å². The quantitative estimate of drug-likeness (QED) is 0.509. The third-order valence-corrected chi connectivity index (χ3v) is 7.24. The van der Waals surface area contributed by atoms with Gasteiger partial charge in [0.15, 0.2) is 0 Å². The van der Waals surface area contributed by atoms with Crippen LogP contribution >= 0.6 is 0 Å². The summed E-state index contributed by atoms with van der Waals surface area (Å²) in [4.78, 5) is 10.9. The second kappa shape index (κ2) is 8.35. The minimum Gasteiger partial charge on any atom is -0.481 e. The molecule has 142 valence electrons. The van der Waals surface area contributed by atoms with Gasteiger partial charge in [0.2, 0.25) is 10.0 Å². The summed E-state index contributed by atoms with van der Waals surface area (Å²) in [6.45, 7) is 0. The number of nitrogens with one attached hydrogen (secondary N) is 1. The maximum absolute atomic E-state index is 12.7. The van der Waals surface area contributed by atoms with Crippen molar-refractivity contribution in [3.63, 3.8) is 0 Å². The molecule has 0 heterocycles. The summed E-state index contributed by atoms with van der Waals surface area (Å²) in [7, 11) is -3.49. The first-order valence-corrected chi connectivity index (χ1v) is 10.9. The second-order valence-electron chi connectivity index (χ2n) is 7.45. The topological polar surface area (TPSA) is 83.5 Å². The fourth-order valence-corrected chi connectivity index (χ4v) is 5.90. The Morgan fingerprint density at radius 3 is 2.62 bits per heavy atom. The lowest BCUT2D eigenvalue weighted by Gasteiger charge is -2.31. The SMILES string of the molecule is O=C(O)CCCC=CCC1C(NS(=O)(=O)c2ccccc2)[C@@H]2CC[C@H]1C2. The highest BCUT2D eigenvalue weighted by Crippen LogP contribution is 2.50. The third-order valence-electron chi connectivity index (χ3n) is 5.77. The monoisotopic (exact) mass is 377 g/mol. The Morgan fingerprint density at radius 1 is 1.15 bits per heavy atom. The number of hydrogen-bond acceptors (Lipinski definition) is 3. The van der Waals surface area contributed by atoms with Gasteiger partial charge in [-0.3, -0.25) is 4.79 Å². The number of aliphatic carboxylic acids is 1. The molecule has 5 nitrogen and oxygen atoms in total. The van der Waals surface area contributed by atoms with Gasteiger partial charge in [0.1, 0.15) is 0 Å². The van der Waals surface area contributed by atoms with Gasteiger partial charge in [0.05, 0.1) is 4.90 Å². The predicted octanol–water partition coefficient (Wildman–Crippen LogP) is 3.58. The molecule has 0 aromatic heterocycles. The number of fused-ring (bicyclic) bond motifs is 2. The van der Waals surface area contributed by atoms with E-state index in [2.05, 4.69) is 10.8 Å². The number of carboxylic acids is 1. The summed E-state index contributed by atoms with van der Waals surface area (Å²) < 4.78 is 28.4. The van der Waals surface area contributed by atoms with Gasteiger partial charge in [-0.25, -0.2) is 13.1 Å². The van der Waals surface area contributed by atoms with Crippen molar-refractivity contribution in [2.24, 2.45) is 17.8 Å². The molecule has 0 radical (unpaired) electrons. The van der Waals surface area contributed by atoms with Gasteiger partial charge in [-0.05, 0) is 68.4 Å². The van der Waals surface area contributed by atoms with Gasteiger partial charge in [-0.2, -0.15) is 0 Å². The zero-order chi connectivity index (χ0) is 18.6. The van der Waals surface area contributed by atoms with Gasteiger partial charge < -0.3 is 5.11 Å². The molecule has 2 bridgehead atoms. The second-order valence-corrected chi connectivity index (χ2v) is 9.16. The number of benzene rings is 1. The van der Waals surface area contributed by atoms with Crippen molar-refractivity contribution in [1.29, 1.82) is 0 Å². The van der Waals surface area contributed by atoms with Gasteiger partial charge in [-0.1, -0.05) is 30.4 Å². The highest BCUT2D eigenvalue weighted by Gasteiger charge is 2.48. The van der Waals surface area contributed by atoms with E-state index in [-0.39, 0.29) is 12.5 Å². The third kappa shape index (κ3) is 4.54. The first-order chi connectivity index (χ1) is 12.5. The van der Waals surface area contributed by atoms with Crippen molar-refractivity contribution in [2.75, 3.05) is 0 Å². The van der Waals surface area contributed by atoms with E-state index >= 15 is 0 Å². The molecule has 0 saturated heterocycles. The molecule has 2 aliphatic rings. The summed E-state index contributed by atoms with van der Waals surface area (Å²) in [6.07, 6.45) is 10.00. The van der Waals surface area contributed by atoms with E-state index in [1.54, 1.807) is 24.3 Å². The van der Waals surface area contributed by atoms with Crippen molar-refractivity contribution < 1.29 is 18.3 Å². The molecule has 26 heavy (non-hydrogen) atoms. The number of carbonyl (C=O) groups is 1. The van der Waals surface area contributed by atoms with Gasteiger partial charge in [0, 0.05) is 12.5 Å². The fraction of sp³-hybridized carbons (Fsp3) is 0.550. The van der Waals surface area contributed by atoms with Gasteiger partial charge in [-0.15, -0.1) is 0 Å².